The molecule has 0 aliphatic rings. The quantitative estimate of drug-likeness (QED) is 0.588. The van der Waals surface area contributed by atoms with Gasteiger partial charge in [0, 0.05) is 0 Å². The molecular formula is C2H2N2W. The Bertz CT molecular complexity index is 28.6. The molecule has 0 fully saturated rings. The number of nitrogens with zero attached hydrogens (tertiary/aromatic N) is 2. The van der Waals surface area contributed by atoms with E-state index in [-0.39, 0.29) is 21.1 Å². The van der Waals surface area contributed by atoms with Gasteiger partial charge in [0.1, 0.15) is 0 Å². The van der Waals surface area contributed by atoms with Crippen molar-refractivity contribution in [2.24, 2.45) is 0 Å². The molecule has 0 aromatic rings. The van der Waals surface area contributed by atoms with Gasteiger partial charge in [-0.15, -0.1) is 0 Å². The zero-order chi connectivity index (χ0) is 3.41. The first-order chi connectivity index (χ1) is 1.91. The van der Waals surface area contributed by atoms with E-state index in [4.69, 9.17) is 10.8 Å². The molecule has 0 aromatic heterocycles. The van der Waals surface area contributed by atoms with Crippen molar-refractivity contribution in [1.82, 2.24) is 0 Å². The third-order valence-corrected chi connectivity index (χ3v) is 0.0667. The van der Waals surface area contributed by atoms with Crippen LogP contribution >= 0.6 is 0 Å². The summed E-state index contributed by atoms with van der Waals surface area (Å²) in [5, 5.41) is 14.9. The summed E-state index contributed by atoms with van der Waals surface area (Å²) in [5.41, 5.74) is 0. The Balaban J connectivity index is 0. The van der Waals surface area contributed by atoms with Gasteiger partial charge in [-0.2, -0.15) is 0 Å². The molecule has 0 spiro atoms. The molecule has 26 valence electrons. The van der Waals surface area contributed by atoms with Crippen molar-refractivity contribution in [2.45, 2.75) is 0 Å². The van der Waals surface area contributed by atoms with Gasteiger partial charge in [0.2, 0.25) is 0 Å². The van der Waals surface area contributed by atoms with E-state index in [1.54, 1.807) is 0 Å². The van der Waals surface area contributed by atoms with E-state index in [0.717, 1.165) is 0 Å². The van der Waals surface area contributed by atoms with Crippen LogP contribution in [0.2, 0.25) is 0 Å². The van der Waals surface area contributed by atoms with Gasteiger partial charge in [-0.1, -0.05) is 0 Å². The molecule has 0 radical (unpaired) electrons. The van der Waals surface area contributed by atoms with E-state index in [1.165, 1.54) is 0 Å². The molecule has 0 aromatic carbocycles. The molecule has 0 saturated heterocycles. The zero-order valence-corrected chi connectivity index (χ0v) is 5.39. The minimum absolute atomic E-state index is 0. The van der Waals surface area contributed by atoms with Gasteiger partial charge < -0.3 is 10.8 Å². The summed E-state index contributed by atoms with van der Waals surface area (Å²) in [6, 6.07) is 0. The molecule has 0 aliphatic carbocycles. The third kappa shape index (κ3) is 15.7. The fourth-order valence-corrected chi connectivity index (χ4v) is 0. The molecule has 0 aliphatic heterocycles. The molecule has 0 heterocycles. The van der Waals surface area contributed by atoms with Crippen LogP contribution in [0.1, 0.15) is 0 Å². The van der Waals surface area contributed by atoms with Crippen molar-refractivity contribution in [2.75, 3.05) is 0 Å². The summed E-state index contributed by atoms with van der Waals surface area (Å²) in [6.07, 6.45) is 1.11. The molecule has 0 bridgehead atoms. The molecule has 0 N–H and O–H groups in total. The second kappa shape index (κ2) is 8.98. The Labute approximate surface area is 44.9 Å². The maximum Gasteiger partial charge on any atom is 2.00 e. The number of hydrogen-bond acceptors (Lipinski definition) is 0. The largest absolute Gasteiger partial charge is 2.00 e. The second-order valence-corrected chi connectivity index (χ2v) is 0.298. The minimum Gasteiger partial charge on any atom is -0.812 e. The van der Waals surface area contributed by atoms with E-state index < -0.39 is 0 Å². The van der Waals surface area contributed by atoms with Crippen molar-refractivity contribution in [3.63, 3.8) is 0 Å². The summed E-state index contributed by atoms with van der Waals surface area (Å²) in [6.45, 7) is 0. The van der Waals surface area contributed by atoms with E-state index in [9.17, 15) is 0 Å². The van der Waals surface area contributed by atoms with Crippen LogP contribution in [0.4, 0.5) is 0 Å². The second-order valence-electron chi connectivity index (χ2n) is 0.298. The van der Waals surface area contributed by atoms with E-state index >= 15 is 0 Å². The molecule has 0 unspecified atom stereocenters. The predicted octanol–water partition coefficient (Wildman–Crippen LogP) is 0.264. The third-order valence-electron chi connectivity index (χ3n) is 0.0667. The number of rotatable bonds is 1. The summed E-state index contributed by atoms with van der Waals surface area (Å²) in [5.74, 6) is 0. The fourth-order valence-electron chi connectivity index (χ4n) is 0. The van der Waals surface area contributed by atoms with E-state index in [1.807, 2.05) is 0 Å². The van der Waals surface area contributed by atoms with Crippen molar-refractivity contribution < 1.29 is 21.1 Å². The average Bonchev–Trinajstić information content (AvgIpc) is 1.37. The van der Waals surface area contributed by atoms with Crippen molar-refractivity contribution in [3.8, 4) is 0 Å². The monoisotopic (exact) mass is 238 g/mol. The normalized spacial score (nSPS) is 4.00. The molecular weight excluding hydrogens is 236 g/mol. The zero-order valence-electron chi connectivity index (χ0n) is 2.46. The smallest absolute Gasteiger partial charge is 0.812 e. The molecule has 3 heteroatoms. The van der Waals surface area contributed by atoms with Crippen LogP contribution in [-0.2, 0) is 21.1 Å². The SMILES string of the molecule is [N-]=CC=[N-].[W+2]. The van der Waals surface area contributed by atoms with Gasteiger partial charge in [0.15, 0.2) is 0 Å². The first-order valence-corrected chi connectivity index (χ1v) is 0.850. The maximum atomic E-state index is 7.44. The van der Waals surface area contributed by atoms with Crippen LogP contribution < -0.4 is 0 Å². The van der Waals surface area contributed by atoms with Crippen LogP contribution in [0.25, 0.3) is 10.8 Å². The van der Waals surface area contributed by atoms with Crippen LogP contribution in [-0.4, -0.2) is 12.4 Å². The fraction of sp³-hybridized carbons (Fsp3) is 0. The Kier molecular flexibility index (Phi) is 16.0. The standard InChI is InChI=1S/C2H2N2.W/c3-1-2-4;/h1-2H;/q-2;+2. The van der Waals surface area contributed by atoms with Crippen LogP contribution in [0.3, 0.4) is 0 Å². The van der Waals surface area contributed by atoms with E-state index in [2.05, 4.69) is 0 Å². The van der Waals surface area contributed by atoms with Crippen LogP contribution in [0, 0.1) is 0 Å². The Morgan fingerprint density at radius 1 is 1.00 bits per heavy atom. The van der Waals surface area contributed by atoms with Crippen LogP contribution in [0.5, 0.6) is 0 Å². The molecule has 0 saturated carbocycles. The summed E-state index contributed by atoms with van der Waals surface area (Å²) < 4.78 is 0. The Morgan fingerprint density at radius 3 is 1.20 bits per heavy atom. The molecule has 0 amide bonds. The van der Waals surface area contributed by atoms with Gasteiger partial charge in [-0.25, -0.2) is 12.4 Å². The molecule has 0 atom stereocenters. The number of hydrogen-bond donors (Lipinski definition) is 0. The minimum atomic E-state index is 0. The van der Waals surface area contributed by atoms with Crippen molar-refractivity contribution in [1.29, 1.82) is 0 Å². The summed E-state index contributed by atoms with van der Waals surface area (Å²) in [4.78, 5) is 0. The van der Waals surface area contributed by atoms with E-state index in [0.29, 0.717) is 12.4 Å². The Hall–Kier alpha value is 0.0283. The van der Waals surface area contributed by atoms with Gasteiger partial charge in [-0.3, -0.25) is 0 Å². The Morgan fingerprint density at radius 2 is 1.20 bits per heavy atom. The van der Waals surface area contributed by atoms with Crippen molar-refractivity contribution in [3.05, 3.63) is 10.8 Å². The molecule has 5 heavy (non-hydrogen) atoms. The molecule has 0 rings (SSSR count). The van der Waals surface area contributed by atoms with Gasteiger partial charge >= 0.3 is 21.1 Å². The summed E-state index contributed by atoms with van der Waals surface area (Å²) >= 11 is 0. The average molecular weight is 238 g/mol. The van der Waals surface area contributed by atoms with Gasteiger partial charge in [0.05, 0.1) is 0 Å². The van der Waals surface area contributed by atoms with Crippen molar-refractivity contribution >= 4 is 12.4 Å². The first-order valence-electron chi connectivity index (χ1n) is 0.850. The predicted molar refractivity (Wildman–Crippen MR) is 18.8 cm³/mol. The molecule has 2 nitrogen and oxygen atoms in total. The summed E-state index contributed by atoms with van der Waals surface area (Å²) in [7, 11) is 0. The van der Waals surface area contributed by atoms with Gasteiger partial charge in [-0.05, 0) is 0 Å². The topological polar surface area (TPSA) is 44.6 Å². The maximum absolute atomic E-state index is 7.44. The van der Waals surface area contributed by atoms with Crippen LogP contribution in [0.15, 0.2) is 0 Å². The first kappa shape index (κ1) is 8.90. The van der Waals surface area contributed by atoms with Gasteiger partial charge in [0.25, 0.3) is 0 Å².